The predicted octanol–water partition coefficient (Wildman–Crippen LogP) is 5.63. The molecule has 108 valence electrons. The molecule has 1 unspecified atom stereocenters. The topological polar surface area (TPSA) is 25.2 Å². The fraction of sp³-hybridized carbons (Fsp3) is 0.333. The predicted molar refractivity (Wildman–Crippen MR) is 87.6 cm³/mol. The van der Waals surface area contributed by atoms with E-state index in [0.29, 0.717) is 5.22 Å². The Hall–Kier alpha value is -0.480. The molecule has 0 fully saturated rings. The first-order chi connectivity index (χ1) is 9.60. The van der Waals surface area contributed by atoms with Gasteiger partial charge in [-0.05, 0) is 60.8 Å². The molecule has 0 spiro atoms. The van der Waals surface area contributed by atoms with E-state index in [1.807, 2.05) is 24.3 Å². The number of nitrogens with one attached hydrogen (secondary N) is 1. The van der Waals surface area contributed by atoms with Gasteiger partial charge < -0.3 is 9.73 Å². The molecule has 2 aromatic rings. The molecule has 0 aliphatic carbocycles. The van der Waals surface area contributed by atoms with E-state index in [1.54, 1.807) is 6.07 Å². The average molecular weight is 377 g/mol. The summed E-state index contributed by atoms with van der Waals surface area (Å²) in [4.78, 5) is 0. The molecular formula is C15H16BrCl2NO. The van der Waals surface area contributed by atoms with Crippen LogP contribution in [0.5, 0.6) is 0 Å². The van der Waals surface area contributed by atoms with Crippen LogP contribution in [-0.2, 0) is 6.42 Å². The van der Waals surface area contributed by atoms with Crippen LogP contribution in [-0.4, -0.2) is 6.54 Å². The molecule has 2 nitrogen and oxygen atoms in total. The molecule has 1 N–H and O–H groups in total. The Morgan fingerprint density at radius 3 is 2.65 bits per heavy atom. The minimum Gasteiger partial charge on any atom is -0.448 e. The van der Waals surface area contributed by atoms with Crippen LogP contribution < -0.4 is 5.32 Å². The molecule has 1 atom stereocenters. The molecule has 20 heavy (non-hydrogen) atoms. The van der Waals surface area contributed by atoms with E-state index in [9.17, 15) is 0 Å². The van der Waals surface area contributed by atoms with Gasteiger partial charge in [0, 0.05) is 9.50 Å². The molecule has 0 aliphatic rings. The third-order valence-electron chi connectivity index (χ3n) is 3.02. The smallest absolute Gasteiger partial charge is 0.193 e. The first-order valence-electron chi connectivity index (χ1n) is 6.52. The zero-order valence-corrected chi connectivity index (χ0v) is 14.2. The van der Waals surface area contributed by atoms with Crippen molar-refractivity contribution in [3.8, 4) is 0 Å². The Balaban J connectivity index is 2.18. The maximum Gasteiger partial charge on any atom is 0.193 e. The Morgan fingerprint density at radius 2 is 2.05 bits per heavy atom. The fourth-order valence-corrected chi connectivity index (χ4v) is 2.92. The summed E-state index contributed by atoms with van der Waals surface area (Å²) in [5, 5.41) is 4.62. The summed E-state index contributed by atoms with van der Waals surface area (Å²) >= 11 is 15.6. The van der Waals surface area contributed by atoms with Gasteiger partial charge in [-0.25, -0.2) is 0 Å². The van der Waals surface area contributed by atoms with Gasteiger partial charge in [0.15, 0.2) is 5.22 Å². The fourth-order valence-electron chi connectivity index (χ4n) is 2.01. The van der Waals surface area contributed by atoms with E-state index in [1.165, 1.54) is 0 Å². The average Bonchev–Trinajstić information content (AvgIpc) is 2.83. The van der Waals surface area contributed by atoms with Crippen LogP contribution >= 0.6 is 39.1 Å². The number of hydrogen-bond acceptors (Lipinski definition) is 2. The van der Waals surface area contributed by atoms with Gasteiger partial charge >= 0.3 is 0 Å². The van der Waals surface area contributed by atoms with Crippen LogP contribution in [0.4, 0.5) is 0 Å². The van der Waals surface area contributed by atoms with Gasteiger partial charge in [-0.1, -0.05) is 40.5 Å². The molecule has 0 saturated heterocycles. The molecule has 2 rings (SSSR count). The van der Waals surface area contributed by atoms with E-state index < -0.39 is 0 Å². The van der Waals surface area contributed by atoms with Crippen molar-refractivity contribution in [1.82, 2.24) is 5.32 Å². The van der Waals surface area contributed by atoms with Crippen molar-refractivity contribution in [3.63, 3.8) is 0 Å². The third kappa shape index (κ3) is 4.26. The molecule has 0 radical (unpaired) electrons. The van der Waals surface area contributed by atoms with Gasteiger partial charge in [0.1, 0.15) is 5.76 Å². The molecule has 1 aromatic carbocycles. The Labute approximate surface area is 137 Å². The summed E-state index contributed by atoms with van der Waals surface area (Å²) in [6.07, 6.45) is 1.81. The normalized spacial score (nSPS) is 12.6. The van der Waals surface area contributed by atoms with Crippen molar-refractivity contribution >= 4 is 39.1 Å². The first kappa shape index (κ1) is 15.9. The SMILES string of the molecule is CCCNC(Cc1ccc(Br)cc1Cl)c1ccc(Cl)o1. The third-order valence-corrected chi connectivity index (χ3v) is 4.07. The minimum atomic E-state index is 0.0705. The van der Waals surface area contributed by atoms with Gasteiger partial charge in [0.05, 0.1) is 6.04 Å². The Morgan fingerprint density at radius 1 is 1.25 bits per heavy atom. The number of halogens is 3. The second kappa shape index (κ2) is 7.51. The second-order valence-electron chi connectivity index (χ2n) is 4.59. The Bertz CT molecular complexity index is 571. The van der Waals surface area contributed by atoms with Crippen molar-refractivity contribution in [1.29, 1.82) is 0 Å². The highest BCUT2D eigenvalue weighted by Crippen LogP contribution is 2.28. The van der Waals surface area contributed by atoms with Crippen molar-refractivity contribution in [2.75, 3.05) is 6.54 Å². The van der Waals surface area contributed by atoms with Crippen LogP contribution in [0.1, 0.15) is 30.7 Å². The lowest BCUT2D eigenvalue weighted by Gasteiger charge is -2.17. The van der Waals surface area contributed by atoms with E-state index in [4.69, 9.17) is 27.6 Å². The Kier molecular flexibility index (Phi) is 5.97. The van der Waals surface area contributed by atoms with E-state index in [-0.39, 0.29) is 6.04 Å². The number of rotatable bonds is 6. The lowest BCUT2D eigenvalue weighted by Crippen LogP contribution is -2.23. The summed E-state index contributed by atoms with van der Waals surface area (Å²) in [7, 11) is 0. The van der Waals surface area contributed by atoms with E-state index >= 15 is 0 Å². The quantitative estimate of drug-likeness (QED) is 0.706. The highest BCUT2D eigenvalue weighted by molar-refractivity contribution is 9.10. The van der Waals surface area contributed by atoms with Crippen molar-refractivity contribution in [2.45, 2.75) is 25.8 Å². The maximum absolute atomic E-state index is 6.29. The van der Waals surface area contributed by atoms with Crippen LogP contribution in [0.25, 0.3) is 0 Å². The van der Waals surface area contributed by atoms with Gasteiger partial charge in [-0.3, -0.25) is 0 Å². The lowest BCUT2D eigenvalue weighted by atomic mass is 10.0. The molecule has 1 aromatic heterocycles. The van der Waals surface area contributed by atoms with Gasteiger partial charge in [-0.15, -0.1) is 0 Å². The zero-order valence-electron chi connectivity index (χ0n) is 11.1. The summed E-state index contributed by atoms with van der Waals surface area (Å²) in [6.45, 7) is 3.04. The molecular weight excluding hydrogens is 361 g/mol. The number of benzene rings is 1. The molecule has 0 amide bonds. The molecule has 1 heterocycles. The molecule has 0 saturated carbocycles. The summed E-state index contributed by atoms with van der Waals surface area (Å²) in [6, 6.07) is 9.66. The molecule has 0 bridgehead atoms. The van der Waals surface area contributed by atoms with E-state index in [0.717, 1.165) is 40.2 Å². The maximum atomic E-state index is 6.29. The highest BCUT2D eigenvalue weighted by Gasteiger charge is 2.17. The minimum absolute atomic E-state index is 0.0705. The number of hydrogen-bond donors (Lipinski definition) is 1. The van der Waals surface area contributed by atoms with E-state index in [2.05, 4.69) is 28.2 Å². The van der Waals surface area contributed by atoms with Crippen molar-refractivity contribution < 1.29 is 4.42 Å². The van der Waals surface area contributed by atoms with Crippen molar-refractivity contribution in [3.05, 3.63) is 56.4 Å². The standard InChI is InChI=1S/C15H16BrCl2NO/c1-2-7-19-13(14-5-6-15(18)20-14)8-10-3-4-11(16)9-12(10)17/h3-6,9,13,19H,2,7-8H2,1H3. The largest absolute Gasteiger partial charge is 0.448 e. The second-order valence-corrected chi connectivity index (χ2v) is 6.28. The van der Waals surface area contributed by atoms with Crippen LogP contribution in [0.3, 0.4) is 0 Å². The van der Waals surface area contributed by atoms with Crippen LogP contribution in [0.2, 0.25) is 10.2 Å². The highest BCUT2D eigenvalue weighted by atomic mass is 79.9. The van der Waals surface area contributed by atoms with Gasteiger partial charge in [0.25, 0.3) is 0 Å². The molecule has 0 aliphatic heterocycles. The van der Waals surface area contributed by atoms with Crippen molar-refractivity contribution in [2.24, 2.45) is 0 Å². The number of furan rings is 1. The zero-order chi connectivity index (χ0) is 14.5. The monoisotopic (exact) mass is 375 g/mol. The first-order valence-corrected chi connectivity index (χ1v) is 8.07. The van der Waals surface area contributed by atoms with Gasteiger partial charge in [0.2, 0.25) is 0 Å². The summed E-state index contributed by atoms with van der Waals surface area (Å²) < 4.78 is 6.51. The lowest BCUT2D eigenvalue weighted by molar-refractivity contribution is 0.411. The van der Waals surface area contributed by atoms with Crippen LogP contribution in [0.15, 0.2) is 39.2 Å². The van der Waals surface area contributed by atoms with Crippen LogP contribution in [0, 0.1) is 0 Å². The summed E-state index contributed by atoms with van der Waals surface area (Å²) in [5.74, 6) is 0.836. The van der Waals surface area contributed by atoms with Gasteiger partial charge in [-0.2, -0.15) is 0 Å². The summed E-state index contributed by atoms with van der Waals surface area (Å²) in [5.41, 5.74) is 1.08. The molecule has 5 heteroatoms.